The van der Waals surface area contributed by atoms with Crippen molar-refractivity contribution in [3.63, 3.8) is 0 Å². The number of urea groups is 1. The van der Waals surface area contributed by atoms with E-state index < -0.39 is 6.04 Å². The lowest BCUT2D eigenvalue weighted by Gasteiger charge is -2.32. The first-order chi connectivity index (χ1) is 17.5. The van der Waals surface area contributed by atoms with Crippen molar-refractivity contribution in [1.29, 1.82) is 0 Å². The van der Waals surface area contributed by atoms with E-state index in [1.165, 1.54) is 0 Å². The number of aryl methyl sites for hydroxylation is 1. The summed E-state index contributed by atoms with van der Waals surface area (Å²) in [5.74, 6) is 1.26. The third-order valence-electron chi connectivity index (χ3n) is 6.19. The number of carbonyl (C=O) groups is 1. The number of hydrogen-bond acceptors (Lipinski definition) is 4. The van der Waals surface area contributed by atoms with Gasteiger partial charge >= 0.3 is 6.03 Å². The highest BCUT2D eigenvalue weighted by atomic mass is 16.5. The zero-order valence-electron chi connectivity index (χ0n) is 21.2. The quantitative estimate of drug-likeness (QED) is 0.328. The van der Waals surface area contributed by atoms with Gasteiger partial charge in [0.15, 0.2) is 0 Å². The molecule has 0 spiro atoms. The van der Waals surface area contributed by atoms with Gasteiger partial charge in [-0.25, -0.2) is 9.78 Å². The maximum absolute atomic E-state index is 13.8. The summed E-state index contributed by atoms with van der Waals surface area (Å²) in [5, 5.41) is 3.54. The second-order valence-corrected chi connectivity index (χ2v) is 8.74. The fourth-order valence-electron chi connectivity index (χ4n) is 4.44. The first kappa shape index (κ1) is 25.0. The average molecular weight is 485 g/mol. The Morgan fingerprint density at radius 1 is 1.06 bits per heavy atom. The minimum Gasteiger partial charge on any atom is -0.497 e. The molecule has 0 aliphatic carbocycles. The van der Waals surface area contributed by atoms with Crippen LogP contribution in [0, 0.1) is 6.92 Å². The molecule has 7 nitrogen and oxygen atoms in total. The van der Waals surface area contributed by atoms with E-state index in [0.717, 1.165) is 17.7 Å². The number of amides is 2. The van der Waals surface area contributed by atoms with Crippen molar-refractivity contribution in [3.8, 4) is 11.4 Å². The van der Waals surface area contributed by atoms with E-state index in [4.69, 9.17) is 9.72 Å². The Balaban J connectivity index is 1.83. The summed E-state index contributed by atoms with van der Waals surface area (Å²) in [7, 11) is 1.60. The van der Waals surface area contributed by atoms with Gasteiger partial charge in [0.25, 0.3) is 5.56 Å². The van der Waals surface area contributed by atoms with Crippen LogP contribution in [0.3, 0.4) is 0 Å². The Morgan fingerprint density at radius 3 is 2.47 bits per heavy atom. The van der Waals surface area contributed by atoms with E-state index in [-0.39, 0.29) is 11.6 Å². The highest BCUT2D eigenvalue weighted by Gasteiger charge is 2.29. The molecule has 186 valence electrons. The van der Waals surface area contributed by atoms with Gasteiger partial charge in [-0.3, -0.25) is 9.36 Å². The summed E-state index contributed by atoms with van der Waals surface area (Å²) in [6, 6.07) is 21.7. The summed E-state index contributed by atoms with van der Waals surface area (Å²) >= 11 is 0. The summed E-state index contributed by atoms with van der Waals surface area (Å²) in [5.41, 5.74) is 2.91. The van der Waals surface area contributed by atoms with Crippen LogP contribution in [0.1, 0.15) is 44.1 Å². The zero-order chi connectivity index (χ0) is 25.7. The topological polar surface area (TPSA) is 76.5 Å². The monoisotopic (exact) mass is 484 g/mol. The Labute approximate surface area is 211 Å². The summed E-state index contributed by atoms with van der Waals surface area (Å²) in [6.07, 6.45) is 1.35. The molecule has 0 bridgehead atoms. The molecule has 0 saturated heterocycles. The Morgan fingerprint density at radius 2 is 1.81 bits per heavy atom. The van der Waals surface area contributed by atoms with Crippen LogP contribution in [0.2, 0.25) is 0 Å². The van der Waals surface area contributed by atoms with Gasteiger partial charge in [0, 0.05) is 12.2 Å². The summed E-state index contributed by atoms with van der Waals surface area (Å²) < 4.78 is 6.88. The van der Waals surface area contributed by atoms with E-state index in [2.05, 4.69) is 5.32 Å². The molecule has 7 heteroatoms. The van der Waals surface area contributed by atoms with E-state index in [1.807, 2.05) is 63.2 Å². The number of nitrogens with one attached hydrogen (secondary N) is 1. The first-order valence-electron chi connectivity index (χ1n) is 12.3. The second-order valence-electron chi connectivity index (χ2n) is 8.74. The van der Waals surface area contributed by atoms with E-state index >= 15 is 0 Å². The van der Waals surface area contributed by atoms with Crippen LogP contribution in [0.25, 0.3) is 16.6 Å². The van der Waals surface area contributed by atoms with Crippen molar-refractivity contribution in [1.82, 2.24) is 14.5 Å². The smallest absolute Gasteiger partial charge is 0.322 e. The molecule has 3 aromatic carbocycles. The summed E-state index contributed by atoms with van der Waals surface area (Å²) in [6.45, 7) is 6.54. The molecule has 1 heterocycles. The number of para-hydroxylation sites is 1. The number of nitrogens with zero attached hydrogens (tertiary/aromatic N) is 3. The van der Waals surface area contributed by atoms with Crippen molar-refractivity contribution in [3.05, 3.63) is 94.5 Å². The van der Waals surface area contributed by atoms with Crippen molar-refractivity contribution in [2.75, 3.05) is 19.0 Å². The normalized spacial score (nSPS) is 11.8. The third-order valence-corrected chi connectivity index (χ3v) is 6.19. The molecule has 0 aliphatic rings. The van der Waals surface area contributed by atoms with Gasteiger partial charge in [-0.2, -0.15) is 0 Å². The van der Waals surface area contributed by atoms with E-state index in [0.29, 0.717) is 41.1 Å². The van der Waals surface area contributed by atoms with Crippen LogP contribution < -0.4 is 15.6 Å². The zero-order valence-corrected chi connectivity index (χ0v) is 21.2. The molecule has 1 aromatic heterocycles. The number of fused-ring (bicyclic) bond motifs is 1. The lowest BCUT2D eigenvalue weighted by atomic mass is 10.1. The van der Waals surface area contributed by atoms with Crippen LogP contribution in [-0.2, 0) is 0 Å². The minimum absolute atomic E-state index is 0.147. The molecule has 0 radical (unpaired) electrons. The van der Waals surface area contributed by atoms with E-state index in [9.17, 15) is 9.59 Å². The maximum atomic E-state index is 13.8. The fourth-order valence-corrected chi connectivity index (χ4v) is 4.44. The Hall–Kier alpha value is -4.13. The second kappa shape index (κ2) is 11.1. The number of carbonyl (C=O) groups excluding carboxylic acids is 1. The van der Waals surface area contributed by atoms with Crippen LogP contribution in [0.5, 0.6) is 5.75 Å². The lowest BCUT2D eigenvalue weighted by Crippen LogP contribution is -2.41. The number of anilines is 1. The predicted octanol–water partition coefficient (Wildman–Crippen LogP) is 6.10. The highest BCUT2D eigenvalue weighted by molar-refractivity contribution is 5.89. The highest BCUT2D eigenvalue weighted by Crippen LogP contribution is 2.27. The molecule has 36 heavy (non-hydrogen) atoms. The summed E-state index contributed by atoms with van der Waals surface area (Å²) in [4.78, 5) is 34.0. The minimum atomic E-state index is -0.416. The number of methoxy groups -OCH3 is 1. The molecule has 1 N–H and O–H groups in total. The molecule has 4 aromatic rings. The van der Waals surface area contributed by atoms with Gasteiger partial charge in [0.05, 0.1) is 29.7 Å². The molecule has 1 unspecified atom stereocenters. The SMILES string of the molecule is CCCN(C(=O)Nc1ccc(OC)cc1)C(CC)c1nc2ccccc2c(=O)n1-c1cccc(C)c1. The van der Waals surface area contributed by atoms with Crippen molar-refractivity contribution >= 4 is 22.6 Å². The molecule has 0 aliphatic heterocycles. The maximum Gasteiger partial charge on any atom is 0.322 e. The average Bonchev–Trinajstić information content (AvgIpc) is 2.89. The predicted molar refractivity (Wildman–Crippen MR) is 144 cm³/mol. The number of aromatic nitrogens is 2. The van der Waals surface area contributed by atoms with Gasteiger partial charge in [0.2, 0.25) is 0 Å². The van der Waals surface area contributed by atoms with Crippen LogP contribution in [0.15, 0.2) is 77.6 Å². The number of rotatable bonds is 8. The van der Waals surface area contributed by atoms with Crippen molar-refractivity contribution < 1.29 is 9.53 Å². The standard InChI is InChI=1S/C29H32N4O3/c1-5-18-32(29(35)30-21-14-16-23(36-4)17-15-21)26(6-2)27-31-25-13-8-7-12-24(25)28(34)33(27)22-11-9-10-20(3)19-22/h7-17,19,26H,5-6,18H2,1-4H3,(H,30,35). The molecule has 4 rings (SSSR count). The van der Waals surface area contributed by atoms with E-state index in [1.54, 1.807) is 46.9 Å². The van der Waals surface area contributed by atoms with Gasteiger partial charge < -0.3 is 15.0 Å². The van der Waals surface area contributed by atoms with Crippen molar-refractivity contribution in [2.45, 2.75) is 39.7 Å². The van der Waals surface area contributed by atoms with Gasteiger partial charge in [0.1, 0.15) is 11.6 Å². The lowest BCUT2D eigenvalue weighted by molar-refractivity contribution is 0.181. The number of hydrogen-bond donors (Lipinski definition) is 1. The molecule has 0 saturated carbocycles. The Bertz CT molecular complexity index is 1410. The fraction of sp³-hybridized carbons (Fsp3) is 0.276. The van der Waals surface area contributed by atoms with Crippen molar-refractivity contribution in [2.24, 2.45) is 0 Å². The molecule has 2 amide bonds. The van der Waals surface area contributed by atoms with Crippen LogP contribution >= 0.6 is 0 Å². The molecule has 1 atom stereocenters. The molecular formula is C29H32N4O3. The first-order valence-corrected chi connectivity index (χ1v) is 12.3. The largest absolute Gasteiger partial charge is 0.497 e. The van der Waals surface area contributed by atoms with Crippen LogP contribution in [0.4, 0.5) is 10.5 Å². The van der Waals surface area contributed by atoms with Gasteiger partial charge in [-0.1, -0.05) is 38.1 Å². The molecular weight excluding hydrogens is 452 g/mol. The van der Waals surface area contributed by atoms with Crippen LogP contribution in [-0.4, -0.2) is 34.1 Å². The number of benzene rings is 3. The Kier molecular flexibility index (Phi) is 7.68. The number of ether oxygens (including phenoxy) is 1. The third kappa shape index (κ3) is 5.10. The van der Waals surface area contributed by atoms with Gasteiger partial charge in [-0.05, 0) is 73.9 Å². The molecule has 0 fully saturated rings. The van der Waals surface area contributed by atoms with Gasteiger partial charge in [-0.15, -0.1) is 0 Å².